The molecular weight excluding hydrogens is 647 g/mol. The van der Waals surface area contributed by atoms with Crippen molar-refractivity contribution in [2.45, 2.75) is 0 Å². The Morgan fingerprint density at radius 1 is 0.373 bits per heavy atom. The maximum atomic E-state index is 6.25. The Kier molecular flexibility index (Phi) is 6.05. The van der Waals surface area contributed by atoms with E-state index in [0.29, 0.717) is 17.5 Å². The Balaban J connectivity index is 1.08. The summed E-state index contributed by atoms with van der Waals surface area (Å²) in [6, 6.07) is 52.1. The second-order valence-corrected chi connectivity index (χ2v) is 13.8. The molecule has 0 N–H and O–H groups in total. The molecule has 0 radical (unpaired) electrons. The van der Waals surface area contributed by atoms with Crippen molar-refractivity contribution in [2.24, 2.45) is 0 Å². The molecule has 0 amide bonds. The van der Waals surface area contributed by atoms with Gasteiger partial charge >= 0.3 is 0 Å². The number of fused-ring (bicyclic) bond motifs is 9. The fraction of sp³-hybridized carbons (Fsp3) is 0. The van der Waals surface area contributed by atoms with Crippen LogP contribution in [0.15, 0.2) is 160 Å². The van der Waals surface area contributed by atoms with E-state index < -0.39 is 0 Å². The normalized spacial score (nSPS) is 11.9. The van der Waals surface area contributed by atoms with Crippen LogP contribution in [0.2, 0.25) is 0 Å². The minimum Gasteiger partial charge on any atom is -0.456 e. The summed E-state index contributed by atoms with van der Waals surface area (Å²) in [5.41, 5.74) is 8.57. The Hall–Kier alpha value is -6.63. The van der Waals surface area contributed by atoms with Crippen LogP contribution in [0.25, 0.3) is 109 Å². The molecule has 4 aromatic heterocycles. The van der Waals surface area contributed by atoms with Gasteiger partial charge in [-0.15, -0.1) is 11.3 Å². The minimum atomic E-state index is 0.598. The van der Waals surface area contributed by atoms with E-state index in [1.165, 1.54) is 31.3 Å². The molecule has 0 bridgehead atoms. The molecule has 6 heteroatoms. The Labute approximate surface area is 295 Å². The smallest absolute Gasteiger partial charge is 0.164 e. The van der Waals surface area contributed by atoms with Crippen LogP contribution in [0, 0.1) is 0 Å². The van der Waals surface area contributed by atoms with Crippen molar-refractivity contribution in [1.29, 1.82) is 0 Å². The van der Waals surface area contributed by atoms with E-state index in [4.69, 9.17) is 23.8 Å². The van der Waals surface area contributed by atoms with Gasteiger partial charge in [0, 0.05) is 64.0 Å². The fourth-order valence-electron chi connectivity index (χ4n) is 7.36. The van der Waals surface area contributed by atoms with Crippen LogP contribution in [-0.2, 0) is 0 Å². The molecule has 0 aliphatic rings. The Morgan fingerprint density at radius 3 is 1.76 bits per heavy atom. The standard InChI is InChI=1S/C45H25N3O2S/c1-2-10-26(11-3-1)43-46-44(27-20-22-30-29-12-4-6-17-36(29)50-39(30)24-27)48-45(47-43)28-21-23-31-33-15-8-16-34(42(33)51-40(31)25-28)32-14-9-19-38-41(32)35-13-5-7-18-37(35)49-38/h1-25H. The van der Waals surface area contributed by atoms with Gasteiger partial charge in [0.05, 0.1) is 0 Å². The SMILES string of the molecule is c1ccc(-c2nc(-c3ccc4c(c3)oc3ccccc34)nc(-c3ccc4c(c3)sc3c(-c5cccc6oc7ccccc7c56)cccc34)n2)cc1. The van der Waals surface area contributed by atoms with Gasteiger partial charge < -0.3 is 8.83 Å². The number of benzene rings is 7. The number of hydrogen-bond donors (Lipinski definition) is 0. The molecule has 0 saturated heterocycles. The highest BCUT2D eigenvalue weighted by molar-refractivity contribution is 7.26. The van der Waals surface area contributed by atoms with Gasteiger partial charge in [-0.1, -0.05) is 115 Å². The number of thiophene rings is 1. The molecule has 0 atom stereocenters. The van der Waals surface area contributed by atoms with Crippen LogP contribution < -0.4 is 0 Å². The molecule has 0 unspecified atom stereocenters. The maximum Gasteiger partial charge on any atom is 0.164 e. The first-order valence-electron chi connectivity index (χ1n) is 16.8. The summed E-state index contributed by atoms with van der Waals surface area (Å²) in [6.07, 6.45) is 0. The van der Waals surface area contributed by atoms with Gasteiger partial charge in [0.15, 0.2) is 17.5 Å². The summed E-state index contributed by atoms with van der Waals surface area (Å²) in [4.78, 5) is 15.1. The van der Waals surface area contributed by atoms with E-state index in [1.54, 1.807) is 11.3 Å². The van der Waals surface area contributed by atoms with Gasteiger partial charge in [0.1, 0.15) is 22.3 Å². The van der Waals surface area contributed by atoms with Crippen molar-refractivity contribution in [3.8, 4) is 45.3 Å². The predicted molar refractivity (Wildman–Crippen MR) is 209 cm³/mol. The molecule has 4 heterocycles. The number of furan rings is 2. The van der Waals surface area contributed by atoms with E-state index >= 15 is 0 Å². The molecule has 7 aromatic carbocycles. The largest absolute Gasteiger partial charge is 0.456 e. The molecule has 51 heavy (non-hydrogen) atoms. The first-order valence-corrected chi connectivity index (χ1v) is 17.7. The summed E-state index contributed by atoms with van der Waals surface area (Å²) >= 11 is 1.80. The number of hydrogen-bond acceptors (Lipinski definition) is 6. The highest BCUT2D eigenvalue weighted by Crippen LogP contribution is 2.44. The van der Waals surface area contributed by atoms with Crippen molar-refractivity contribution in [3.63, 3.8) is 0 Å². The quantitative estimate of drug-likeness (QED) is 0.186. The lowest BCUT2D eigenvalue weighted by Gasteiger charge is -2.08. The van der Waals surface area contributed by atoms with Crippen molar-refractivity contribution < 1.29 is 8.83 Å². The summed E-state index contributed by atoms with van der Waals surface area (Å²) in [6.45, 7) is 0. The van der Waals surface area contributed by atoms with Crippen molar-refractivity contribution in [3.05, 3.63) is 152 Å². The summed E-state index contributed by atoms with van der Waals surface area (Å²) in [5, 5.41) is 6.87. The third kappa shape index (κ3) is 4.43. The molecule has 0 saturated carbocycles. The van der Waals surface area contributed by atoms with E-state index in [0.717, 1.165) is 60.6 Å². The van der Waals surface area contributed by atoms with Gasteiger partial charge in [-0.25, -0.2) is 15.0 Å². The minimum absolute atomic E-state index is 0.598. The Bertz CT molecular complexity index is 3160. The molecule has 0 aliphatic carbocycles. The van der Waals surface area contributed by atoms with Gasteiger partial charge in [0.25, 0.3) is 0 Å². The second-order valence-electron chi connectivity index (χ2n) is 12.8. The van der Waals surface area contributed by atoms with E-state index in [2.05, 4.69) is 84.9 Å². The summed E-state index contributed by atoms with van der Waals surface area (Å²) < 4.78 is 14.9. The third-order valence-corrected chi connectivity index (χ3v) is 11.0. The number of nitrogens with zero attached hydrogens (tertiary/aromatic N) is 3. The fourth-order valence-corrected chi connectivity index (χ4v) is 8.63. The summed E-state index contributed by atoms with van der Waals surface area (Å²) in [7, 11) is 0. The van der Waals surface area contributed by atoms with Crippen LogP contribution in [0.1, 0.15) is 0 Å². The monoisotopic (exact) mass is 671 g/mol. The average molecular weight is 672 g/mol. The first kappa shape index (κ1) is 28.2. The van der Waals surface area contributed by atoms with Crippen LogP contribution in [0.3, 0.4) is 0 Å². The van der Waals surface area contributed by atoms with E-state index in [1.807, 2.05) is 66.7 Å². The molecule has 238 valence electrons. The van der Waals surface area contributed by atoms with Gasteiger partial charge in [-0.2, -0.15) is 0 Å². The highest BCUT2D eigenvalue weighted by Gasteiger charge is 2.18. The van der Waals surface area contributed by atoms with Crippen molar-refractivity contribution in [2.75, 3.05) is 0 Å². The first-order chi connectivity index (χ1) is 25.2. The lowest BCUT2D eigenvalue weighted by Crippen LogP contribution is -2.00. The van der Waals surface area contributed by atoms with Crippen molar-refractivity contribution in [1.82, 2.24) is 15.0 Å². The second kappa shape index (κ2) is 10.9. The number of para-hydroxylation sites is 2. The molecule has 0 aliphatic heterocycles. The molecule has 5 nitrogen and oxygen atoms in total. The van der Waals surface area contributed by atoms with Crippen LogP contribution in [0.4, 0.5) is 0 Å². The van der Waals surface area contributed by atoms with Crippen LogP contribution >= 0.6 is 11.3 Å². The molecule has 11 rings (SSSR count). The lowest BCUT2D eigenvalue weighted by molar-refractivity contribution is 0.668. The number of aromatic nitrogens is 3. The van der Waals surface area contributed by atoms with Gasteiger partial charge in [-0.3, -0.25) is 0 Å². The molecule has 0 spiro atoms. The maximum absolute atomic E-state index is 6.25. The molecule has 0 fully saturated rings. The lowest BCUT2D eigenvalue weighted by atomic mass is 9.98. The predicted octanol–water partition coefficient (Wildman–Crippen LogP) is 12.7. The zero-order chi connectivity index (χ0) is 33.5. The van der Waals surface area contributed by atoms with Crippen molar-refractivity contribution >= 4 is 75.4 Å². The molecular formula is C45H25N3O2S. The van der Waals surface area contributed by atoms with Gasteiger partial charge in [0.2, 0.25) is 0 Å². The third-order valence-electron chi connectivity index (χ3n) is 9.75. The summed E-state index contributed by atoms with van der Waals surface area (Å²) in [5.74, 6) is 1.84. The van der Waals surface area contributed by atoms with Gasteiger partial charge in [-0.05, 0) is 42.0 Å². The van der Waals surface area contributed by atoms with Crippen LogP contribution in [-0.4, -0.2) is 15.0 Å². The highest BCUT2D eigenvalue weighted by atomic mass is 32.1. The van der Waals surface area contributed by atoms with E-state index in [9.17, 15) is 0 Å². The topological polar surface area (TPSA) is 65.0 Å². The Morgan fingerprint density at radius 2 is 0.941 bits per heavy atom. The number of rotatable bonds is 4. The molecule has 11 aromatic rings. The van der Waals surface area contributed by atoms with Crippen LogP contribution in [0.5, 0.6) is 0 Å². The zero-order valence-corrected chi connectivity index (χ0v) is 27.8. The zero-order valence-electron chi connectivity index (χ0n) is 27.0. The van der Waals surface area contributed by atoms with E-state index in [-0.39, 0.29) is 0 Å². The average Bonchev–Trinajstić information content (AvgIpc) is 3.88.